The molecule has 2 rings (SSSR count). The molecule has 1 aliphatic rings. The van der Waals surface area contributed by atoms with E-state index in [0.717, 1.165) is 32.1 Å². The molecule has 1 atom stereocenters. The van der Waals surface area contributed by atoms with Crippen LogP contribution in [0.15, 0.2) is 34.7 Å². The minimum atomic E-state index is -3.81. The van der Waals surface area contributed by atoms with E-state index in [1.54, 1.807) is 0 Å². The molecule has 0 saturated heterocycles. The first-order valence-corrected chi connectivity index (χ1v) is 11.1. The molecule has 1 aliphatic carbocycles. The summed E-state index contributed by atoms with van der Waals surface area (Å²) in [5, 5.41) is 12.4. The Morgan fingerprint density at radius 1 is 1.30 bits per heavy atom. The lowest BCUT2D eigenvalue weighted by Crippen LogP contribution is -2.27. The summed E-state index contributed by atoms with van der Waals surface area (Å²) in [6, 6.07) is 4.28. The molecule has 0 fully saturated rings. The second kappa shape index (κ2) is 9.90. The SMILES string of the molecule is CCC[C@@H](C)Nc1ccc(C(=O)O)cc1S(=O)(=O)NCCC1=CCCCC1. The van der Waals surface area contributed by atoms with E-state index < -0.39 is 16.0 Å². The largest absolute Gasteiger partial charge is 0.478 e. The highest BCUT2D eigenvalue weighted by Gasteiger charge is 2.21. The van der Waals surface area contributed by atoms with Crippen LogP contribution in [-0.2, 0) is 10.0 Å². The number of carboxylic acids is 1. The quantitative estimate of drug-likeness (QED) is 0.518. The van der Waals surface area contributed by atoms with Crippen LogP contribution in [0.4, 0.5) is 5.69 Å². The standard InChI is InChI=1S/C20H30N2O4S/c1-3-7-15(2)22-18-11-10-17(20(23)24)14-19(18)27(25,26)21-13-12-16-8-5-4-6-9-16/h8,10-11,14-15,21-22H,3-7,9,12-13H2,1-2H3,(H,23,24)/t15-/m1/s1. The smallest absolute Gasteiger partial charge is 0.335 e. The fraction of sp³-hybridized carbons (Fsp3) is 0.550. The first-order valence-electron chi connectivity index (χ1n) is 9.65. The van der Waals surface area contributed by atoms with E-state index in [2.05, 4.69) is 23.0 Å². The molecule has 0 spiro atoms. The number of hydrogen-bond donors (Lipinski definition) is 3. The van der Waals surface area contributed by atoms with Crippen molar-refractivity contribution in [2.75, 3.05) is 11.9 Å². The third-order valence-electron chi connectivity index (χ3n) is 4.76. The lowest BCUT2D eigenvalue weighted by Gasteiger charge is -2.19. The van der Waals surface area contributed by atoms with Gasteiger partial charge in [-0.1, -0.05) is 25.0 Å². The molecule has 0 radical (unpaired) electrons. The molecule has 150 valence electrons. The van der Waals surface area contributed by atoms with E-state index >= 15 is 0 Å². The molecule has 0 bridgehead atoms. The molecule has 0 heterocycles. The molecular weight excluding hydrogens is 364 g/mol. The van der Waals surface area contributed by atoms with Crippen molar-refractivity contribution in [3.05, 3.63) is 35.4 Å². The predicted molar refractivity (Wildman–Crippen MR) is 108 cm³/mol. The Balaban J connectivity index is 2.19. The van der Waals surface area contributed by atoms with E-state index in [4.69, 9.17) is 0 Å². The summed E-state index contributed by atoms with van der Waals surface area (Å²) < 4.78 is 28.3. The number of hydrogen-bond acceptors (Lipinski definition) is 4. The van der Waals surface area contributed by atoms with Crippen molar-refractivity contribution in [3.63, 3.8) is 0 Å². The predicted octanol–water partition coefficient (Wildman–Crippen LogP) is 4.15. The maximum atomic E-state index is 12.8. The molecule has 3 N–H and O–H groups in total. The Kier molecular flexibility index (Phi) is 7.86. The van der Waals surface area contributed by atoms with Crippen molar-refractivity contribution in [3.8, 4) is 0 Å². The topological polar surface area (TPSA) is 95.5 Å². The van der Waals surface area contributed by atoms with Crippen molar-refractivity contribution in [1.82, 2.24) is 4.72 Å². The van der Waals surface area contributed by atoms with Crippen molar-refractivity contribution in [1.29, 1.82) is 0 Å². The number of nitrogens with one attached hydrogen (secondary N) is 2. The zero-order chi connectivity index (χ0) is 19.9. The molecule has 0 aromatic heterocycles. The fourth-order valence-electron chi connectivity index (χ4n) is 3.32. The summed E-state index contributed by atoms with van der Waals surface area (Å²) in [7, 11) is -3.81. The van der Waals surface area contributed by atoms with Crippen LogP contribution >= 0.6 is 0 Å². The van der Waals surface area contributed by atoms with Crippen LogP contribution in [0.1, 0.15) is 69.2 Å². The number of rotatable bonds is 10. The Hall–Kier alpha value is -1.86. The summed E-state index contributed by atoms with van der Waals surface area (Å²) in [5.41, 5.74) is 1.68. The van der Waals surface area contributed by atoms with Crippen molar-refractivity contribution >= 4 is 21.7 Å². The van der Waals surface area contributed by atoms with Gasteiger partial charge in [-0.15, -0.1) is 0 Å². The number of benzene rings is 1. The Morgan fingerprint density at radius 2 is 2.07 bits per heavy atom. The summed E-state index contributed by atoms with van der Waals surface area (Å²) >= 11 is 0. The lowest BCUT2D eigenvalue weighted by atomic mass is 9.97. The number of aromatic carboxylic acids is 1. The molecule has 27 heavy (non-hydrogen) atoms. The Labute approximate surface area is 162 Å². The zero-order valence-electron chi connectivity index (χ0n) is 16.1. The van der Waals surface area contributed by atoms with Gasteiger partial charge in [0.05, 0.1) is 11.3 Å². The lowest BCUT2D eigenvalue weighted by molar-refractivity contribution is 0.0696. The molecule has 1 aromatic rings. The molecule has 0 amide bonds. The molecule has 0 unspecified atom stereocenters. The van der Waals surface area contributed by atoms with E-state index in [1.165, 1.54) is 30.2 Å². The van der Waals surface area contributed by atoms with Gasteiger partial charge in [0.15, 0.2) is 0 Å². The van der Waals surface area contributed by atoms with Crippen LogP contribution in [-0.4, -0.2) is 32.1 Å². The maximum absolute atomic E-state index is 12.8. The molecule has 0 saturated carbocycles. The maximum Gasteiger partial charge on any atom is 0.335 e. The van der Waals surface area contributed by atoms with Gasteiger partial charge in [-0.25, -0.2) is 17.9 Å². The van der Waals surface area contributed by atoms with Gasteiger partial charge in [0.2, 0.25) is 10.0 Å². The summed E-state index contributed by atoms with van der Waals surface area (Å²) in [6.07, 6.45) is 9.18. The van der Waals surface area contributed by atoms with E-state index in [-0.39, 0.29) is 16.5 Å². The number of carboxylic acid groups (broad SMARTS) is 1. The Morgan fingerprint density at radius 3 is 2.70 bits per heavy atom. The highest BCUT2D eigenvalue weighted by Crippen LogP contribution is 2.25. The van der Waals surface area contributed by atoms with E-state index in [9.17, 15) is 18.3 Å². The van der Waals surface area contributed by atoms with Gasteiger partial charge in [0, 0.05) is 12.6 Å². The Bertz CT molecular complexity index is 787. The molecule has 1 aromatic carbocycles. The second-order valence-corrected chi connectivity index (χ2v) is 8.84. The highest BCUT2D eigenvalue weighted by molar-refractivity contribution is 7.89. The minimum Gasteiger partial charge on any atom is -0.478 e. The first kappa shape index (κ1) is 21.4. The van der Waals surface area contributed by atoms with Gasteiger partial charge < -0.3 is 10.4 Å². The molecule has 0 aliphatic heterocycles. The molecular formula is C20H30N2O4S. The summed E-state index contributed by atoms with van der Waals surface area (Å²) in [5.74, 6) is -1.15. The first-order chi connectivity index (χ1) is 12.8. The van der Waals surface area contributed by atoms with Gasteiger partial charge in [-0.3, -0.25) is 0 Å². The summed E-state index contributed by atoms with van der Waals surface area (Å²) in [6.45, 7) is 4.36. The van der Waals surface area contributed by atoms with Gasteiger partial charge in [-0.2, -0.15) is 0 Å². The van der Waals surface area contributed by atoms with Crippen molar-refractivity contribution < 1.29 is 18.3 Å². The van der Waals surface area contributed by atoms with Crippen LogP contribution in [0.5, 0.6) is 0 Å². The van der Waals surface area contributed by atoms with Gasteiger partial charge >= 0.3 is 5.97 Å². The molecule has 7 heteroatoms. The third-order valence-corrected chi connectivity index (χ3v) is 6.27. The zero-order valence-corrected chi connectivity index (χ0v) is 16.9. The van der Waals surface area contributed by atoms with Gasteiger partial charge in [0.25, 0.3) is 0 Å². The minimum absolute atomic E-state index is 0.0111. The second-order valence-electron chi connectivity index (χ2n) is 7.11. The normalized spacial score (nSPS) is 15.9. The van der Waals surface area contributed by atoms with Crippen LogP contribution in [0, 0.1) is 0 Å². The average molecular weight is 395 g/mol. The van der Waals surface area contributed by atoms with Crippen molar-refractivity contribution in [2.45, 2.75) is 69.7 Å². The van der Waals surface area contributed by atoms with Crippen LogP contribution in [0.2, 0.25) is 0 Å². The van der Waals surface area contributed by atoms with Crippen LogP contribution in [0.25, 0.3) is 0 Å². The monoisotopic (exact) mass is 394 g/mol. The van der Waals surface area contributed by atoms with E-state index in [1.807, 2.05) is 6.92 Å². The van der Waals surface area contributed by atoms with Gasteiger partial charge in [-0.05, 0) is 63.6 Å². The number of allylic oxidation sites excluding steroid dienone is 1. The number of anilines is 1. The van der Waals surface area contributed by atoms with Crippen molar-refractivity contribution in [2.24, 2.45) is 0 Å². The number of sulfonamides is 1. The number of carbonyl (C=O) groups is 1. The third kappa shape index (κ3) is 6.36. The molecule has 6 nitrogen and oxygen atoms in total. The van der Waals surface area contributed by atoms with Gasteiger partial charge in [0.1, 0.15) is 4.90 Å². The van der Waals surface area contributed by atoms with Crippen LogP contribution in [0.3, 0.4) is 0 Å². The average Bonchev–Trinajstić information content (AvgIpc) is 2.62. The fourth-order valence-corrected chi connectivity index (χ4v) is 4.55. The van der Waals surface area contributed by atoms with Crippen LogP contribution < -0.4 is 10.0 Å². The summed E-state index contributed by atoms with van der Waals surface area (Å²) in [4.78, 5) is 11.3. The van der Waals surface area contributed by atoms with E-state index in [0.29, 0.717) is 18.7 Å². The highest BCUT2D eigenvalue weighted by atomic mass is 32.2.